The van der Waals surface area contributed by atoms with Gasteiger partial charge >= 0.3 is 6.18 Å². The fourth-order valence-corrected chi connectivity index (χ4v) is 4.99. The lowest BCUT2D eigenvalue weighted by molar-refractivity contribution is -0.141. The maximum Gasteiger partial charge on any atom is 0.436 e. The van der Waals surface area contributed by atoms with E-state index in [0.717, 1.165) is 34.2 Å². The molecule has 6 nitrogen and oxygen atoms in total. The Morgan fingerprint density at radius 3 is 2.77 bits per heavy atom. The van der Waals surface area contributed by atoms with E-state index in [-0.39, 0.29) is 11.5 Å². The van der Waals surface area contributed by atoms with E-state index in [1.165, 1.54) is 28.3 Å². The van der Waals surface area contributed by atoms with E-state index >= 15 is 0 Å². The second-order valence-electron chi connectivity index (χ2n) is 6.12. The second kappa shape index (κ2) is 5.17. The molecule has 4 aromatic rings. The minimum absolute atomic E-state index is 0.0303. The van der Waals surface area contributed by atoms with Gasteiger partial charge in [0.05, 0.1) is 5.39 Å². The molecular formula is C15H10ClF3N6S. The average Bonchev–Trinajstić information content (AvgIpc) is 3.26. The molecular weight excluding hydrogens is 389 g/mol. The number of nitrogens with zero attached hydrogens (tertiary/aromatic N) is 6. The van der Waals surface area contributed by atoms with E-state index in [9.17, 15) is 13.2 Å². The van der Waals surface area contributed by atoms with Crippen LogP contribution in [0.15, 0.2) is 6.33 Å². The summed E-state index contributed by atoms with van der Waals surface area (Å²) in [5, 5.41) is 8.21. The lowest BCUT2D eigenvalue weighted by Gasteiger charge is -2.00. The average molecular weight is 399 g/mol. The van der Waals surface area contributed by atoms with Gasteiger partial charge in [0.15, 0.2) is 11.3 Å². The van der Waals surface area contributed by atoms with Crippen LogP contribution in [0.5, 0.6) is 0 Å². The molecule has 0 aromatic carbocycles. The predicted octanol–water partition coefficient (Wildman–Crippen LogP) is 3.90. The quantitative estimate of drug-likeness (QED) is 0.488. The van der Waals surface area contributed by atoms with Crippen molar-refractivity contribution in [3.8, 4) is 11.5 Å². The monoisotopic (exact) mass is 398 g/mol. The highest BCUT2D eigenvalue weighted by molar-refractivity contribution is 7.19. The number of fused-ring (bicyclic) bond motifs is 5. The van der Waals surface area contributed by atoms with Gasteiger partial charge in [-0.2, -0.15) is 18.3 Å². The van der Waals surface area contributed by atoms with Crippen LogP contribution in [0.1, 0.15) is 22.6 Å². The highest BCUT2D eigenvalue weighted by Gasteiger charge is 2.39. The molecule has 1 aliphatic rings. The number of halogens is 4. The van der Waals surface area contributed by atoms with Gasteiger partial charge in [0, 0.05) is 11.9 Å². The molecule has 0 spiro atoms. The van der Waals surface area contributed by atoms with Gasteiger partial charge in [-0.3, -0.25) is 4.68 Å². The van der Waals surface area contributed by atoms with E-state index in [1.54, 1.807) is 11.3 Å². The first kappa shape index (κ1) is 16.0. The zero-order valence-corrected chi connectivity index (χ0v) is 14.9. The molecule has 1 aliphatic carbocycles. The lowest BCUT2D eigenvalue weighted by Crippen LogP contribution is -2.07. The molecule has 0 aliphatic heterocycles. The smallest absolute Gasteiger partial charge is 0.262 e. The number of hydrogen-bond acceptors (Lipinski definition) is 5. The topological polar surface area (TPSA) is 60.9 Å². The Hall–Kier alpha value is -2.20. The third-order valence-corrected chi connectivity index (χ3v) is 6.07. The summed E-state index contributed by atoms with van der Waals surface area (Å²) >= 11 is 7.60. The molecule has 0 fully saturated rings. The summed E-state index contributed by atoms with van der Waals surface area (Å²) in [4.78, 5) is 11.1. The number of hydrogen-bond donors (Lipinski definition) is 0. The molecule has 26 heavy (non-hydrogen) atoms. The Morgan fingerprint density at radius 1 is 1.23 bits per heavy atom. The molecule has 0 atom stereocenters. The van der Waals surface area contributed by atoms with Crippen molar-refractivity contribution in [3.05, 3.63) is 27.5 Å². The fourth-order valence-electron chi connectivity index (χ4n) is 3.42. The lowest BCUT2D eigenvalue weighted by atomic mass is 10.2. The molecule has 0 radical (unpaired) electrons. The fraction of sp³-hybridized carbons (Fsp3) is 0.333. The largest absolute Gasteiger partial charge is 0.436 e. The molecule has 0 unspecified atom stereocenters. The van der Waals surface area contributed by atoms with Crippen molar-refractivity contribution in [1.29, 1.82) is 0 Å². The summed E-state index contributed by atoms with van der Waals surface area (Å²) in [6.07, 6.45) is -0.0682. The van der Waals surface area contributed by atoms with Crippen LogP contribution in [0.25, 0.3) is 27.4 Å². The molecule has 0 bridgehead atoms. The summed E-state index contributed by atoms with van der Waals surface area (Å²) in [5.41, 5.74) is 0.683. The van der Waals surface area contributed by atoms with Gasteiger partial charge in [0.25, 0.3) is 0 Å². The van der Waals surface area contributed by atoms with Crippen molar-refractivity contribution in [3.63, 3.8) is 0 Å². The summed E-state index contributed by atoms with van der Waals surface area (Å²) in [5.74, 6) is 0.0905. The van der Waals surface area contributed by atoms with Crippen LogP contribution in [-0.4, -0.2) is 29.4 Å². The maximum absolute atomic E-state index is 13.1. The Kier molecular flexibility index (Phi) is 3.18. The van der Waals surface area contributed by atoms with Gasteiger partial charge in [0.2, 0.25) is 5.82 Å². The molecule has 134 valence electrons. The second-order valence-corrected chi connectivity index (χ2v) is 7.58. The van der Waals surface area contributed by atoms with Gasteiger partial charge in [-0.1, -0.05) is 11.6 Å². The molecule has 0 saturated carbocycles. The minimum Gasteiger partial charge on any atom is -0.262 e. The van der Waals surface area contributed by atoms with E-state index in [4.69, 9.17) is 11.6 Å². The molecule has 0 saturated heterocycles. The number of aryl methyl sites for hydroxylation is 3. The van der Waals surface area contributed by atoms with Gasteiger partial charge < -0.3 is 0 Å². The standard InChI is InChI=1S/C15H10ClF3N6S/c1-24-10(9(16)11(22-24)15(17,18)19)12-21-13-8-6-3-2-4-7(6)26-14(8)20-5-25(13)23-12/h5H,2-4H2,1H3. The van der Waals surface area contributed by atoms with Gasteiger partial charge in [0.1, 0.15) is 21.9 Å². The first-order chi connectivity index (χ1) is 12.3. The van der Waals surface area contributed by atoms with Crippen LogP contribution in [-0.2, 0) is 26.1 Å². The van der Waals surface area contributed by atoms with E-state index in [1.807, 2.05) is 0 Å². The highest BCUT2D eigenvalue weighted by atomic mass is 35.5. The SMILES string of the molecule is Cn1nc(C(F)(F)F)c(Cl)c1-c1nc2c3c4c(sc3ncn2n1)CCC4. The molecule has 11 heteroatoms. The molecule has 0 N–H and O–H groups in total. The number of thiophene rings is 1. The maximum atomic E-state index is 13.1. The number of rotatable bonds is 1. The van der Waals surface area contributed by atoms with Crippen LogP contribution < -0.4 is 0 Å². The summed E-state index contributed by atoms with van der Waals surface area (Å²) in [6.45, 7) is 0. The van der Waals surface area contributed by atoms with Crippen molar-refractivity contribution >= 4 is 38.8 Å². The third-order valence-electron chi connectivity index (χ3n) is 4.51. The van der Waals surface area contributed by atoms with Crippen molar-refractivity contribution in [2.75, 3.05) is 0 Å². The first-order valence-corrected chi connectivity index (χ1v) is 8.99. The predicted molar refractivity (Wildman–Crippen MR) is 90.4 cm³/mol. The van der Waals surface area contributed by atoms with Crippen LogP contribution in [0.2, 0.25) is 5.02 Å². The molecule has 4 aromatic heterocycles. The van der Waals surface area contributed by atoms with Crippen LogP contribution in [0.3, 0.4) is 0 Å². The Balaban J connectivity index is 1.77. The van der Waals surface area contributed by atoms with Crippen molar-refractivity contribution < 1.29 is 13.2 Å². The Labute approximate surface area is 153 Å². The zero-order chi connectivity index (χ0) is 18.2. The van der Waals surface area contributed by atoms with Crippen LogP contribution in [0, 0.1) is 0 Å². The van der Waals surface area contributed by atoms with Crippen LogP contribution in [0.4, 0.5) is 13.2 Å². The Bertz CT molecular complexity index is 1190. The summed E-state index contributed by atoms with van der Waals surface area (Å²) in [6, 6.07) is 0. The first-order valence-electron chi connectivity index (χ1n) is 7.80. The molecule has 0 amide bonds. The van der Waals surface area contributed by atoms with Crippen molar-refractivity contribution in [2.24, 2.45) is 7.05 Å². The number of alkyl halides is 3. The molecule has 5 rings (SSSR count). The summed E-state index contributed by atoms with van der Waals surface area (Å²) in [7, 11) is 1.39. The highest BCUT2D eigenvalue weighted by Crippen LogP contribution is 2.40. The third kappa shape index (κ3) is 2.11. The Morgan fingerprint density at radius 2 is 2.04 bits per heavy atom. The van der Waals surface area contributed by atoms with Gasteiger partial charge in [-0.15, -0.1) is 16.4 Å². The van der Waals surface area contributed by atoms with E-state index < -0.39 is 16.9 Å². The van der Waals surface area contributed by atoms with Gasteiger partial charge in [-0.25, -0.2) is 14.5 Å². The van der Waals surface area contributed by atoms with E-state index in [2.05, 4.69) is 20.2 Å². The van der Waals surface area contributed by atoms with Gasteiger partial charge in [-0.05, 0) is 24.8 Å². The number of aromatic nitrogens is 6. The van der Waals surface area contributed by atoms with Crippen molar-refractivity contribution in [2.45, 2.75) is 25.4 Å². The summed E-state index contributed by atoms with van der Waals surface area (Å²) < 4.78 is 41.7. The van der Waals surface area contributed by atoms with Crippen molar-refractivity contribution in [1.82, 2.24) is 29.4 Å². The minimum atomic E-state index is -4.64. The molecule has 4 heterocycles. The van der Waals surface area contributed by atoms with Crippen LogP contribution >= 0.6 is 22.9 Å². The van der Waals surface area contributed by atoms with E-state index in [0.29, 0.717) is 5.65 Å². The zero-order valence-electron chi connectivity index (χ0n) is 13.3. The normalized spacial score (nSPS) is 14.7.